The number of likely N-dealkylation sites (tertiary alicyclic amines) is 2. The number of urea groups is 1. The van der Waals surface area contributed by atoms with Crippen LogP contribution in [0.25, 0.3) is 0 Å². The predicted octanol–water partition coefficient (Wildman–Crippen LogP) is 1.99. The lowest BCUT2D eigenvalue weighted by molar-refractivity contribution is -0.130. The number of benzene rings is 1. The third-order valence-corrected chi connectivity index (χ3v) is 5.16. The summed E-state index contributed by atoms with van der Waals surface area (Å²) in [6, 6.07) is 7.08. The molecule has 0 saturated carbocycles. The Hall–Kier alpha value is -2.57. The SMILES string of the molecule is O=C(NCC(=O)N1CCCC1)Nc1ccc(CCC(=O)N2CCCC2)cc1. The van der Waals surface area contributed by atoms with E-state index in [0.29, 0.717) is 18.5 Å². The third-order valence-electron chi connectivity index (χ3n) is 5.16. The summed E-state index contributed by atoms with van der Waals surface area (Å²) in [5.74, 6) is 0.178. The Balaban J connectivity index is 1.38. The zero-order chi connectivity index (χ0) is 19.1. The molecule has 7 nitrogen and oxygen atoms in total. The van der Waals surface area contributed by atoms with E-state index in [-0.39, 0.29) is 24.4 Å². The van der Waals surface area contributed by atoms with E-state index in [1.54, 1.807) is 4.90 Å². The molecule has 27 heavy (non-hydrogen) atoms. The maximum Gasteiger partial charge on any atom is 0.319 e. The van der Waals surface area contributed by atoms with Crippen LogP contribution in [-0.4, -0.2) is 60.4 Å². The zero-order valence-corrected chi connectivity index (χ0v) is 15.7. The van der Waals surface area contributed by atoms with Crippen molar-refractivity contribution in [2.24, 2.45) is 0 Å². The van der Waals surface area contributed by atoms with Gasteiger partial charge in [0, 0.05) is 38.3 Å². The van der Waals surface area contributed by atoms with Gasteiger partial charge in [0.2, 0.25) is 11.8 Å². The van der Waals surface area contributed by atoms with E-state index in [4.69, 9.17) is 0 Å². The normalized spacial score (nSPS) is 16.4. The highest BCUT2D eigenvalue weighted by molar-refractivity contribution is 5.92. The molecule has 0 radical (unpaired) electrons. The van der Waals surface area contributed by atoms with Crippen LogP contribution < -0.4 is 10.6 Å². The van der Waals surface area contributed by atoms with Crippen LogP contribution in [0.1, 0.15) is 37.7 Å². The second kappa shape index (κ2) is 9.39. The largest absolute Gasteiger partial charge is 0.343 e. The first-order valence-electron chi connectivity index (χ1n) is 9.81. The number of aryl methyl sites for hydroxylation is 1. The van der Waals surface area contributed by atoms with Crippen LogP contribution in [0.15, 0.2) is 24.3 Å². The van der Waals surface area contributed by atoms with Crippen LogP contribution in [0.3, 0.4) is 0 Å². The molecule has 0 spiro atoms. The van der Waals surface area contributed by atoms with Crippen molar-refractivity contribution in [2.75, 3.05) is 38.0 Å². The maximum atomic E-state index is 12.1. The standard InChI is InChI=1S/C20H28N4O3/c25-18(23-11-1-2-12-23)10-7-16-5-8-17(9-6-16)22-20(27)21-15-19(26)24-13-3-4-14-24/h5-6,8-9H,1-4,7,10-15H2,(H2,21,22,27). The van der Waals surface area contributed by atoms with E-state index in [2.05, 4.69) is 10.6 Å². The summed E-state index contributed by atoms with van der Waals surface area (Å²) in [6.07, 6.45) is 5.51. The summed E-state index contributed by atoms with van der Waals surface area (Å²) in [4.78, 5) is 39.7. The van der Waals surface area contributed by atoms with Gasteiger partial charge in [-0.05, 0) is 49.8 Å². The topological polar surface area (TPSA) is 81.8 Å². The Morgan fingerprint density at radius 3 is 1.96 bits per heavy atom. The Morgan fingerprint density at radius 1 is 0.815 bits per heavy atom. The van der Waals surface area contributed by atoms with E-state index in [1.807, 2.05) is 29.2 Å². The van der Waals surface area contributed by atoms with Gasteiger partial charge in [-0.1, -0.05) is 12.1 Å². The van der Waals surface area contributed by atoms with Crippen LogP contribution in [0.2, 0.25) is 0 Å². The van der Waals surface area contributed by atoms with Crippen LogP contribution >= 0.6 is 0 Å². The molecule has 2 heterocycles. The molecule has 7 heteroatoms. The first-order valence-corrected chi connectivity index (χ1v) is 9.81. The van der Waals surface area contributed by atoms with Gasteiger partial charge in [-0.3, -0.25) is 9.59 Å². The zero-order valence-electron chi connectivity index (χ0n) is 15.7. The number of hydrogen-bond donors (Lipinski definition) is 2. The molecular weight excluding hydrogens is 344 g/mol. The number of rotatable bonds is 6. The molecule has 0 aromatic heterocycles. The monoisotopic (exact) mass is 372 g/mol. The fourth-order valence-corrected chi connectivity index (χ4v) is 3.54. The van der Waals surface area contributed by atoms with Crippen LogP contribution in [0.5, 0.6) is 0 Å². The highest BCUT2D eigenvalue weighted by atomic mass is 16.2. The van der Waals surface area contributed by atoms with Crippen LogP contribution in [0.4, 0.5) is 10.5 Å². The van der Waals surface area contributed by atoms with Crippen molar-refractivity contribution in [3.8, 4) is 0 Å². The van der Waals surface area contributed by atoms with E-state index < -0.39 is 0 Å². The van der Waals surface area contributed by atoms with Gasteiger partial charge in [0.1, 0.15) is 0 Å². The van der Waals surface area contributed by atoms with Crippen molar-refractivity contribution in [2.45, 2.75) is 38.5 Å². The number of carbonyl (C=O) groups is 3. The van der Waals surface area contributed by atoms with Gasteiger partial charge < -0.3 is 20.4 Å². The van der Waals surface area contributed by atoms with Gasteiger partial charge in [0.25, 0.3) is 0 Å². The number of carbonyl (C=O) groups excluding carboxylic acids is 3. The second-order valence-electron chi connectivity index (χ2n) is 7.18. The van der Waals surface area contributed by atoms with Gasteiger partial charge >= 0.3 is 6.03 Å². The quantitative estimate of drug-likeness (QED) is 0.801. The van der Waals surface area contributed by atoms with Gasteiger partial charge in [-0.15, -0.1) is 0 Å². The molecule has 0 bridgehead atoms. The molecule has 146 valence electrons. The molecule has 2 aliphatic heterocycles. The summed E-state index contributed by atoms with van der Waals surface area (Å²) in [7, 11) is 0. The average molecular weight is 372 g/mol. The molecule has 2 N–H and O–H groups in total. The van der Waals surface area contributed by atoms with Crippen molar-refractivity contribution < 1.29 is 14.4 Å². The molecule has 3 rings (SSSR count). The molecule has 0 atom stereocenters. The molecule has 2 fully saturated rings. The van der Waals surface area contributed by atoms with E-state index in [1.165, 1.54) is 0 Å². The molecule has 4 amide bonds. The van der Waals surface area contributed by atoms with Gasteiger partial charge in [-0.25, -0.2) is 4.79 Å². The number of nitrogens with zero attached hydrogens (tertiary/aromatic N) is 2. The van der Waals surface area contributed by atoms with Crippen molar-refractivity contribution >= 4 is 23.5 Å². The van der Waals surface area contributed by atoms with E-state index in [0.717, 1.165) is 57.4 Å². The minimum Gasteiger partial charge on any atom is -0.343 e. The lowest BCUT2D eigenvalue weighted by atomic mass is 10.1. The lowest BCUT2D eigenvalue weighted by Crippen LogP contribution is -2.40. The number of amides is 4. The summed E-state index contributed by atoms with van der Waals surface area (Å²) in [6.45, 7) is 3.35. The number of nitrogens with one attached hydrogen (secondary N) is 2. The third kappa shape index (κ3) is 5.70. The van der Waals surface area contributed by atoms with Crippen LogP contribution in [-0.2, 0) is 16.0 Å². The number of anilines is 1. The molecule has 1 aromatic carbocycles. The van der Waals surface area contributed by atoms with Gasteiger partial charge in [0.15, 0.2) is 0 Å². The lowest BCUT2D eigenvalue weighted by Gasteiger charge is -2.16. The summed E-state index contributed by atoms with van der Waals surface area (Å²) < 4.78 is 0. The maximum absolute atomic E-state index is 12.1. The highest BCUT2D eigenvalue weighted by Gasteiger charge is 2.18. The smallest absolute Gasteiger partial charge is 0.319 e. The average Bonchev–Trinajstić information content (AvgIpc) is 3.39. The second-order valence-corrected chi connectivity index (χ2v) is 7.18. The van der Waals surface area contributed by atoms with Gasteiger partial charge in [-0.2, -0.15) is 0 Å². The van der Waals surface area contributed by atoms with Crippen LogP contribution in [0, 0.1) is 0 Å². The first kappa shape index (κ1) is 19.2. The van der Waals surface area contributed by atoms with Crippen molar-refractivity contribution in [1.29, 1.82) is 0 Å². The number of hydrogen-bond acceptors (Lipinski definition) is 3. The molecule has 0 unspecified atom stereocenters. The predicted molar refractivity (Wildman–Crippen MR) is 103 cm³/mol. The fourth-order valence-electron chi connectivity index (χ4n) is 3.54. The Labute approximate surface area is 160 Å². The van der Waals surface area contributed by atoms with E-state index in [9.17, 15) is 14.4 Å². The first-order chi connectivity index (χ1) is 13.1. The van der Waals surface area contributed by atoms with Crippen molar-refractivity contribution in [3.63, 3.8) is 0 Å². The minimum atomic E-state index is -0.389. The fraction of sp³-hybridized carbons (Fsp3) is 0.550. The van der Waals surface area contributed by atoms with E-state index >= 15 is 0 Å². The summed E-state index contributed by atoms with van der Waals surface area (Å²) >= 11 is 0. The molecular formula is C20H28N4O3. The molecule has 2 aliphatic rings. The molecule has 2 saturated heterocycles. The van der Waals surface area contributed by atoms with Gasteiger partial charge in [0.05, 0.1) is 6.54 Å². The summed E-state index contributed by atoms with van der Waals surface area (Å²) in [5, 5.41) is 5.33. The Bertz CT molecular complexity index is 662. The van der Waals surface area contributed by atoms with Crippen molar-refractivity contribution in [1.82, 2.24) is 15.1 Å². The molecule has 1 aromatic rings. The summed E-state index contributed by atoms with van der Waals surface area (Å²) in [5.41, 5.74) is 1.73. The minimum absolute atomic E-state index is 0.0164. The highest BCUT2D eigenvalue weighted by Crippen LogP contribution is 2.14. The molecule has 0 aliphatic carbocycles. The Kier molecular flexibility index (Phi) is 6.68. The Morgan fingerprint density at radius 2 is 1.37 bits per heavy atom. The van der Waals surface area contributed by atoms with Crippen molar-refractivity contribution in [3.05, 3.63) is 29.8 Å².